The molecule has 6 heteroatoms. The standard InChI is InChI=1S/C18H19N5O/c1-23(2)18(24)14-8-9-19-16(10-14)20-11-15-12-21-22-17(15)13-6-4-3-5-7-13/h3-10,12H,11H2,1-2H3,(H,19,20)(H,21,22). The van der Waals surface area contributed by atoms with E-state index in [9.17, 15) is 4.79 Å². The minimum Gasteiger partial charge on any atom is -0.366 e. The molecule has 0 spiro atoms. The maximum absolute atomic E-state index is 12.0. The Bertz CT molecular complexity index is 826. The van der Waals surface area contributed by atoms with Crippen LogP contribution in [-0.2, 0) is 6.54 Å². The highest BCUT2D eigenvalue weighted by Crippen LogP contribution is 2.21. The first-order valence-corrected chi connectivity index (χ1v) is 7.64. The second-order valence-electron chi connectivity index (χ2n) is 5.62. The van der Waals surface area contributed by atoms with Crippen molar-refractivity contribution in [1.29, 1.82) is 0 Å². The number of anilines is 1. The van der Waals surface area contributed by atoms with Crippen molar-refractivity contribution in [2.24, 2.45) is 0 Å². The van der Waals surface area contributed by atoms with E-state index in [0.29, 0.717) is 17.9 Å². The lowest BCUT2D eigenvalue weighted by atomic mass is 10.1. The third-order valence-electron chi connectivity index (χ3n) is 3.65. The summed E-state index contributed by atoms with van der Waals surface area (Å²) in [6, 6.07) is 13.5. The summed E-state index contributed by atoms with van der Waals surface area (Å²) in [5, 5.41) is 10.4. The Kier molecular flexibility index (Phi) is 4.56. The van der Waals surface area contributed by atoms with Crippen molar-refractivity contribution < 1.29 is 4.79 Å². The quantitative estimate of drug-likeness (QED) is 0.758. The summed E-state index contributed by atoms with van der Waals surface area (Å²) < 4.78 is 0. The van der Waals surface area contributed by atoms with Crippen molar-refractivity contribution in [3.05, 3.63) is 66.0 Å². The van der Waals surface area contributed by atoms with Crippen LogP contribution < -0.4 is 5.32 Å². The molecular weight excluding hydrogens is 302 g/mol. The number of amides is 1. The minimum atomic E-state index is -0.0475. The van der Waals surface area contributed by atoms with Gasteiger partial charge in [0, 0.05) is 38.0 Å². The molecule has 0 aliphatic carbocycles. The number of nitrogens with zero attached hydrogens (tertiary/aromatic N) is 3. The summed E-state index contributed by atoms with van der Waals surface area (Å²) in [5.74, 6) is 0.608. The molecule has 2 heterocycles. The molecule has 122 valence electrons. The number of hydrogen-bond acceptors (Lipinski definition) is 4. The van der Waals surface area contributed by atoms with Gasteiger partial charge in [0.1, 0.15) is 5.82 Å². The smallest absolute Gasteiger partial charge is 0.253 e. The van der Waals surface area contributed by atoms with Gasteiger partial charge < -0.3 is 10.2 Å². The number of benzene rings is 1. The zero-order chi connectivity index (χ0) is 16.9. The van der Waals surface area contributed by atoms with E-state index in [4.69, 9.17) is 0 Å². The van der Waals surface area contributed by atoms with Crippen LogP contribution in [0.4, 0.5) is 5.82 Å². The number of hydrogen-bond donors (Lipinski definition) is 2. The summed E-state index contributed by atoms with van der Waals surface area (Å²) in [7, 11) is 3.46. The van der Waals surface area contributed by atoms with E-state index >= 15 is 0 Å². The molecule has 0 aliphatic rings. The third kappa shape index (κ3) is 3.43. The number of rotatable bonds is 5. The molecule has 3 aromatic rings. The van der Waals surface area contributed by atoms with Crippen LogP contribution in [0, 0.1) is 0 Å². The van der Waals surface area contributed by atoms with Gasteiger partial charge in [-0.2, -0.15) is 5.10 Å². The number of carbonyl (C=O) groups is 1. The maximum Gasteiger partial charge on any atom is 0.253 e. The fourth-order valence-corrected chi connectivity index (χ4v) is 2.40. The van der Waals surface area contributed by atoms with Gasteiger partial charge in [0.2, 0.25) is 0 Å². The second kappa shape index (κ2) is 6.95. The fourth-order valence-electron chi connectivity index (χ4n) is 2.40. The van der Waals surface area contributed by atoms with Gasteiger partial charge in [0.05, 0.1) is 11.9 Å². The van der Waals surface area contributed by atoms with Crippen molar-refractivity contribution in [2.75, 3.05) is 19.4 Å². The Morgan fingerprint density at radius 3 is 2.75 bits per heavy atom. The van der Waals surface area contributed by atoms with E-state index in [-0.39, 0.29) is 5.91 Å². The maximum atomic E-state index is 12.0. The summed E-state index contributed by atoms with van der Waals surface area (Å²) >= 11 is 0. The van der Waals surface area contributed by atoms with Crippen LogP contribution in [0.15, 0.2) is 54.9 Å². The van der Waals surface area contributed by atoms with Crippen LogP contribution in [0.3, 0.4) is 0 Å². The van der Waals surface area contributed by atoms with E-state index in [2.05, 4.69) is 20.5 Å². The molecular formula is C18H19N5O. The van der Waals surface area contributed by atoms with Crippen LogP contribution in [0.1, 0.15) is 15.9 Å². The Morgan fingerprint density at radius 1 is 1.21 bits per heavy atom. The SMILES string of the molecule is CN(C)C(=O)c1ccnc(NCc2cn[nH]c2-c2ccccc2)c1. The first-order chi connectivity index (χ1) is 11.6. The van der Waals surface area contributed by atoms with E-state index in [1.165, 1.54) is 0 Å². The number of pyridine rings is 1. The molecule has 24 heavy (non-hydrogen) atoms. The first-order valence-electron chi connectivity index (χ1n) is 7.64. The predicted molar refractivity (Wildman–Crippen MR) is 93.6 cm³/mol. The second-order valence-corrected chi connectivity index (χ2v) is 5.62. The molecule has 3 rings (SSSR count). The van der Waals surface area contributed by atoms with Crippen LogP contribution in [0.5, 0.6) is 0 Å². The zero-order valence-corrected chi connectivity index (χ0v) is 13.7. The normalized spacial score (nSPS) is 10.4. The van der Waals surface area contributed by atoms with E-state index < -0.39 is 0 Å². The molecule has 0 bridgehead atoms. The van der Waals surface area contributed by atoms with Gasteiger partial charge in [0.15, 0.2) is 0 Å². The van der Waals surface area contributed by atoms with Crippen molar-refractivity contribution in [3.8, 4) is 11.3 Å². The van der Waals surface area contributed by atoms with Gasteiger partial charge in [-0.3, -0.25) is 9.89 Å². The number of aromatic amines is 1. The van der Waals surface area contributed by atoms with Crippen molar-refractivity contribution in [3.63, 3.8) is 0 Å². The number of nitrogens with one attached hydrogen (secondary N) is 2. The lowest BCUT2D eigenvalue weighted by Crippen LogP contribution is -2.21. The lowest BCUT2D eigenvalue weighted by molar-refractivity contribution is 0.0827. The average Bonchev–Trinajstić information content (AvgIpc) is 3.09. The molecule has 0 unspecified atom stereocenters. The minimum absolute atomic E-state index is 0.0475. The molecule has 1 amide bonds. The summed E-state index contributed by atoms with van der Waals surface area (Å²) in [4.78, 5) is 17.8. The number of aromatic nitrogens is 3. The molecule has 0 saturated heterocycles. The summed E-state index contributed by atoms with van der Waals surface area (Å²) in [6.45, 7) is 0.563. The van der Waals surface area contributed by atoms with Gasteiger partial charge in [-0.1, -0.05) is 30.3 Å². The molecule has 2 N–H and O–H groups in total. The Labute approximate surface area is 140 Å². The number of H-pyrrole nitrogens is 1. The number of carbonyl (C=O) groups excluding carboxylic acids is 1. The van der Waals surface area contributed by atoms with Gasteiger partial charge in [-0.05, 0) is 17.7 Å². The molecule has 0 atom stereocenters. The molecule has 0 aliphatic heterocycles. The van der Waals surface area contributed by atoms with Gasteiger partial charge in [0.25, 0.3) is 5.91 Å². The lowest BCUT2D eigenvalue weighted by Gasteiger charge is -2.11. The highest BCUT2D eigenvalue weighted by Gasteiger charge is 2.10. The van der Waals surface area contributed by atoms with E-state index in [1.54, 1.807) is 43.5 Å². The van der Waals surface area contributed by atoms with E-state index in [1.807, 2.05) is 30.3 Å². The summed E-state index contributed by atoms with van der Waals surface area (Å²) in [6.07, 6.45) is 3.43. The van der Waals surface area contributed by atoms with Gasteiger partial charge in [-0.15, -0.1) is 0 Å². The molecule has 1 aromatic carbocycles. The van der Waals surface area contributed by atoms with Crippen molar-refractivity contribution in [1.82, 2.24) is 20.1 Å². The van der Waals surface area contributed by atoms with Crippen LogP contribution >= 0.6 is 0 Å². The molecule has 6 nitrogen and oxygen atoms in total. The molecule has 0 fully saturated rings. The monoisotopic (exact) mass is 321 g/mol. The first kappa shape index (κ1) is 15.7. The largest absolute Gasteiger partial charge is 0.366 e. The molecule has 0 saturated carbocycles. The van der Waals surface area contributed by atoms with Crippen LogP contribution in [0.2, 0.25) is 0 Å². The van der Waals surface area contributed by atoms with Crippen LogP contribution in [0.25, 0.3) is 11.3 Å². The van der Waals surface area contributed by atoms with Crippen molar-refractivity contribution in [2.45, 2.75) is 6.54 Å². The van der Waals surface area contributed by atoms with Gasteiger partial charge >= 0.3 is 0 Å². The van der Waals surface area contributed by atoms with Crippen molar-refractivity contribution >= 4 is 11.7 Å². The Hall–Kier alpha value is -3.15. The van der Waals surface area contributed by atoms with Crippen LogP contribution in [-0.4, -0.2) is 40.1 Å². The Balaban J connectivity index is 1.75. The van der Waals surface area contributed by atoms with E-state index in [0.717, 1.165) is 16.8 Å². The third-order valence-corrected chi connectivity index (χ3v) is 3.65. The average molecular weight is 321 g/mol. The van der Waals surface area contributed by atoms with Gasteiger partial charge in [-0.25, -0.2) is 4.98 Å². The zero-order valence-electron chi connectivity index (χ0n) is 13.7. The highest BCUT2D eigenvalue weighted by molar-refractivity contribution is 5.94. The Morgan fingerprint density at radius 2 is 2.00 bits per heavy atom. The fraction of sp³-hybridized carbons (Fsp3) is 0.167. The molecule has 0 radical (unpaired) electrons. The highest BCUT2D eigenvalue weighted by atomic mass is 16.2. The topological polar surface area (TPSA) is 73.9 Å². The predicted octanol–water partition coefficient (Wildman–Crippen LogP) is 2.79. The summed E-state index contributed by atoms with van der Waals surface area (Å²) in [5.41, 5.74) is 3.69. The molecule has 2 aromatic heterocycles.